The van der Waals surface area contributed by atoms with E-state index in [0.717, 1.165) is 18.8 Å². The number of benzene rings is 2. The van der Waals surface area contributed by atoms with Gasteiger partial charge in [-0.05, 0) is 76.0 Å². The van der Waals surface area contributed by atoms with Crippen LogP contribution in [0.25, 0.3) is 0 Å². The first-order valence-electron chi connectivity index (χ1n) is 9.38. The lowest BCUT2D eigenvalue weighted by atomic mass is 10.0. The van der Waals surface area contributed by atoms with E-state index in [2.05, 4.69) is 4.90 Å². The summed E-state index contributed by atoms with van der Waals surface area (Å²) in [5.41, 5.74) is 1.42. The monoisotopic (exact) mass is 337 g/mol. The Morgan fingerprint density at radius 2 is 1.52 bits per heavy atom. The summed E-state index contributed by atoms with van der Waals surface area (Å²) in [4.78, 5) is 14.9. The van der Waals surface area contributed by atoms with Crippen molar-refractivity contribution in [2.75, 3.05) is 26.2 Å². The zero-order valence-electron chi connectivity index (χ0n) is 14.8. The Hall–Kier alpha value is -2.13. The molecule has 0 aliphatic carbocycles. The third kappa shape index (κ3) is 5.43. The minimum Gasteiger partial charge on any atom is -0.494 e. The highest BCUT2D eigenvalue weighted by molar-refractivity contribution is 6.08. The Labute approximate surface area is 150 Å². The highest BCUT2D eigenvalue weighted by Crippen LogP contribution is 2.16. The second kappa shape index (κ2) is 9.38. The average molecular weight is 337 g/mol. The third-order valence-corrected chi connectivity index (χ3v) is 4.74. The minimum absolute atomic E-state index is 0.0501. The lowest BCUT2D eigenvalue weighted by molar-refractivity contribution is 0.103. The molecule has 0 spiro atoms. The van der Waals surface area contributed by atoms with Crippen molar-refractivity contribution in [3.8, 4) is 5.75 Å². The molecule has 1 aliphatic heterocycles. The number of nitrogens with zero attached hydrogens (tertiary/aromatic N) is 1. The van der Waals surface area contributed by atoms with Crippen LogP contribution in [0.4, 0.5) is 0 Å². The number of unbranched alkanes of at least 4 members (excludes halogenated alkanes) is 2. The first kappa shape index (κ1) is 17.7. The van der Waals surface area contributed by atoms with E-state index in [4.69, 9.17) is 4.74 Å². The van der Waals surface area contributed by atoms with Crippen LogP contribution in [0.1, 0.15) is 48.0 Å². The molecular formula is C22H27NO2. The molecule has 0 saturated carbocycles. The Balaban J connectivity index is 1.37. The fourth-order valence-electron chi connectivity index (χ4n) is 3.27. The smallest absolute Gasteiger partial charge is 0.193 e. The van der Waals surface area contributed by atoms with Gasteiger partial charge in [0.2, 0.25) is 0 Å². The fraction of sp³-hybridized carbons (Fsp3) is 0.409. The second-order valence-electron chi connectivity index (χ2n) is 6.68. The van der Waals surface area contributed by atoms with Crippen LogP contribution in [0, 0.1) is 0 Å². The van der Waals surface area contributed by atoms with Crippen molar-refractivity contribution in [1.29, 1.82) is 0 Å². The second-order valence-corrected chi connectivity index (χ2v) is 6.68. The number of carbonyl (C=O) groups is 1. The van der Waals surface area contributed by atoms with Crippen molar-refractivity contribution in [2.24, 2.45) is 0 Å². The van der Waals surface area contributed by atoms with Crippen LogP contribution in [-0.2, 0) is 0 Å². The predicted octanol–water partition coefficient (Wildman–Crippen LogP) is 4.56. The van der Waals surface area contributed by atoms with Crippen molar-refractivity contribution in [3.05, 3.63) is 65.7 Å². The molecule has 0 aromatic heterocycles. The molecule has 3 heteroatoms. The maximum Gasteiger partial charge on any atom is 0.193 e. The summed E-state index contributed by atoms with van der Waals surface area (Å²) in [6.07, 6.45) is 6.28. The number of rotatable bonds is 9. The molecular weight excluding hydrogens is 310 g/mol. The summed E-state index contributed by atoms with van der Waals surface area (Å²) < 4.78 is 5.79. The first-order valence-corrected chi connectivity index (χ1v) is 9.38. The molecule has 1 aliphatic rings. The number of likely N-dealkylation sites (tertiary alicyclic amines) is 1. The largest absolute Gasteiger partial charge is 0.494 e. The van der Waals surface area contributed by atoms with E-state index in [0.29, 0.717) is 11.1 Å². The normalized spacial score (nSPS) is 14.6. The van der Waals surface area contributed by atoms with E-state index in [1.54, 1.807) is 0 Å². The van der Waals surface area contributed by atoms with Gasteiger partial charge in [-0.3, -0.25) is 4.79 Å². The van der Waals surface area contributed by atoms with Crippen LogP contribution in [0.2, 0.25) is 0 Å². The van der Waals surface area contributed by atoms with Crippen LogP contribution < -0.4 is 4.74 Å². The molecule has 2 aromatic rings. The lowest BCUT2D eigenvalue weighted by Gasteiger charge is -2.13. The molecule has 25 heavy (non-hydrogen) atoms. The van der Waals surface area contributed by atoms with E-state index in [-0.39, 0.29) is 5.78 Å². The molecule has 0 bridgehead atoms. The molecule has 3 nitrogen and oxygen atoms in total. The number of hydrogen-bond acceptors (Lipinski definition) is 3. The highest BCUT2D eigenvalue weighted by atomic mass is 16.5. The first-order chi connectivity index (χ1) is 12.3. The SMILES string of the molecule is O=C(c1ccccc1)c1ccc(OCCCCCN2CCCC2)cc1. The summed E-state index contributed by atoms with van der Waals surface area (Å²) in [7, 11) is 0. The van der Waals surface area contributed by atoms with Crippen LogP contribution in [0.5, 0.6) is 5.75 Å². The molecule has 0 unspecified atom stereocenters. The molecule has 1 fully saturated rings. The van der Waals surface area contributed by atoms with Crippen molar-refractivity contribution < 1.29 is 9.53 Å². The minimum atomic E-state index is 0.0501. The topological polar surface area (TPSA) is 29.5 Å². The summed E-state index contributed by atoms with van der Waals surface area (Å²) in [5.74, 6) is 0.887. The van der Waals surface area contributed by atoms with Gasteiger partial charge in [-0.1, -0.05) is 30.3 Å². The quantitative estimate of drug-likeness (QED) is 0.496. The van der Waals surface area contributed by atoms with Gasteiger partial charge in [0.15, 0.2) is 5.78 Å². The third-order valence-electron chi connectivity index (χ3n) is 4.74. The fourth-order valence-corrected chi connectivity index (χ4v) is 3.27. The molecule has 2 aromatic carbocycles. The van der Waals surface area contributed by atoms with Gasteiger partial charge in [0.05, 0.1) is 6.61 Å². The Morgan fingerprint density at radius 3 is 2.24 bits per heavy atom. The van der Waals surface area contributed by atoms with Crippen LogP contribution >= 0.6 is 0 Å². The van der Waals surface area contributed by atoms with Gasteiger partial charge in [-0.25, -0.2) is 0 Å². The van der Waals surface area contributed by atoms with Gasteiger partial charge < -0.3 is 9.64 Å². The highest BCUT2D eigenvalue weighted by Gasteiger charge is 2.10. The molecule has 1 heterocycles. The molecule has 0 radical (unpaired) electrons. The summed E-state index contributed by atoms with van der Waals surface area (Å²) in [5, 5.41) is 0. The summed E-state index contributed by atoms with van der Waals surface area (Å²) >= 11 is 0. The van der Waals surface area contributed by atoms with Gasteiger partial charge in [0, 0.05) is 11.1 Å². The van der Waals surface area contributed by atoms with Crippen molar-refractivity contribution in [1.82, 2.24) is 4.90 Å². The van der Waals surface area contributed by atoms with Gasteiger partial charge >= 0.3 is 0 Å². The van der Waals surface area contributed by atoms with E-state index in [1.807, 2.05) is 54.6 Å². The standard InChI is InChI=1S/C22H27NO2/c24-22(19-9-3-1-4-10-19)20-11-13-21(14-12-20)25-18-8-2-5-15-23-16-6-7-17-23/h1,3-4,9-14H,2,5-8,15-18H2. The summed E-state index contributed by atoms with van der Waals surface area (Å²) in [6.45, 7) is 4.54. The predicted molar refractivity (Wildman–Crippen MR) is 101 cm³/mol. The molecule has 0 amide bonds. The van der Waals surface area contributed by atoms with E-state index in [9.17, 15) is 4.79 Å². The Kier molecular flexibility index (Phi) is 6.63. The lowest BCUT2D eigenvalue weighted by Crippen LogP contribution is -2.20. The molecule has 0 atom stereocenters. The number of ketones is 1. The van der Waals surface area contributed by atoms with Gasteiger partial charge in [-0.15, -0.1) is 0 Å². The Morgan fingerprint density at radius 1 is 0.840 bits per heavy atom. The van der Waals surface area contributed by atoms with Crippen LogP contribution in [0.15, 0.2) is 54.6 Å². The van der Waals surface area contributed by atoms with Crippen molar-refractivity contribution >= 4 is 5.78 Å². The number of carbonyl (C=O) groups excluding carboxylic acids is 1. The van der Waals surface area contributed by atoms with Crippen LogP contribution in [-0.4, -0.2) is 36.9 Å². The summed E-state index contributed by atoms with van der Waals surface area (Å²) in [6, 6.07) is 16.8. The van der Waals surface area contributed by atoms with Gasteiger partial charge in [0.1, 0.15) is 5.75 Å². The molecule has 3 rings (SSSR count). The number of hydrogen-bond donors (Lipinski definition) is 0. The van der Waals surface area contributed by atoms with Gasteiger partial charge in [0.25, 0.3) is 0 Å². The maximum atomic E-state index is 12.4. The zero-order chi connectivity index (χ0) is 17.3. The van der Waals surface area contributed by atoms with E-state index >= 15 is 0 Å². The van der Waals surface area contributed by atoms with Gasteiger partial charge in [-0.2, -0.15) is 0 Å². The van der Waals surface area contributed by atoms with Crippen molar-refractivity contribution in [2.45, 2.75) is 32.1 Å². The van der Waals surface area contributed by atoms with Crippen LogP contribution in [0.3, 0.4) is 0 Å². The maximum absolute atomic E-state index is 12.4. The Bertz CT molecular complexity index is 645. The van der Waals surface area contributed by atoms with E-state index < -0.39 is 0 Å². The molecule has 132 valence electrons. The number of ether oxygens (including phenoxy) is 1. The van der Waals surface area contributed by atoms with Crippen molar-refractivity contribution in [3.63, 3.8) is 0 Å². The average Bonchev–Trinajstić information content (AvgIpc) is 3.19. The van der Waals surface area contributed by atoms with E-state index in [1.165, 1.54) is 45.3 Å². The zero-order valence-corrected chi connectivity index (χ0v) is 14.8. The molecule has 1 saturated heterocycles. The molecule has 0 N–H and O–H groups in total.